The molecule has 0 aliphatic carbocycles. The molecule has 0 saturated carbocycles. The average molecular weight is 628 g/mol. The number of hydrogen-bond donors (Lipinski definition) is 0. The van der Waals surface area contributed by atoms with Crippen LogP contribution in [-0.4, -0.2) is 61.7 Å². The fourth-order valence-electron chi connectivity index (χ4n) is 4.57. The first-order valence-corrected chi connectivity index (χ1v) is 15.7. The number of piperidine rings is 1. The van der Waals surface area contributed by atoms with Crippen molar-refractivity contribution in [2.24, 2.45) is 0 Å². The Hall–Kier alpha value is -3.86. The van der Waals surface area contributed by atoms with Crippen LogP contribution in [0, 0.1) is 0 Å². The second-order valence-corrected chi connectivity index (χ2v) is 13.0. The predicted molar refractivity (Wildman–Crippen MR) is 161 cm³/mol. The Kier molecular flexibility index (Phi) is 6.69. The molecule has 0 unspecified atom stereocenters. The van der Waals surface area contributed by atoms with Gasteiger partial charge in [0.1, 0.15) is 17.6 Å². The monoisotopic (exact) mass is 627 g/mol. The molecule has 12 nitrogen and oxygen atoms in total. The summed E-state index contributed by atoms with van der Waals surface area (Å²) in [5, 5.41) is 20.4. The number of ether oxygens (including phenoxy) is 3. The lowest BCUT2D eigenvalue weighted by Crippen LogP contribution is -2.38. The highest BCUT2D eigenvalue weighted by atomic mass is 32.1. The summed E-state index contributed by atoms with van der Waals surface area (Å²) >= 11 is 5.29. The van der Waals surface area contributed by atoms with E-state index in [4.69, 9.17) is 14.2 Å². The van der Waals surface area contributed by atoms with E-state index in [1.54, 1.807) is 30.3 Å². The summed E-state index contributed by atoms with van der Waals surface area (Å²) < 4.78 is 21.5. The van der Waals surface area contributed by atoms with Gasteiger partial charge in [-0.05, 0) is 70.8 Å². The second-order valence-electron chi connectivity index (χ2n) is 9.13. The Morgan fingerprint density at radius 3 is 1.85 bits per heavy atom. The number of methoxy groups -OCH3 is 2. The standard InChI is InChI=1S/C25H21N7O5S4/c1-35-14-3-5-18-16(11-14)20(33)31(40-18)23-27-26-22(38-23)30-9-7-13(8-10-30)37-25-29-28-24(39-25)32-21(34)17-12-15(36-2)4-6-19(17)41-32/h3-6,11-13H,7-10H2,1-2H3. The summed E-state index contributed by atoms with van der Waals surface area (Å²) in [4.78, 5) is 28.1. The van der Waals surface area contributed by atoms with E-state index >= 15 is 0 Å². The average Bonchev–Trinajstić information content (AvgIpc) is 3.80. The zero-order valence-electron chi connectivity index (χ0n) is 21.7. The van der Waals surface area contributed by atoms with Crippen LogP contribution >= 0.6 is 45.7 Å². The minimum atomic E-state index is -0.158. The van der Waals surface area contributed by atoms with Gasteiger partial charge in [-0.15, -0.1) is 15.3 Å². The summed E-state index contributed by atoms with van der Waals surface area (Å²) in [6.45, 7) is 1.45. The molecule has 0 N–H and O–H groups in total. The maximum atomic E-state index is 13.0. The summed E-state index contributed by atoms with van der Waals surface area (Å²) in [6, 6.07) is 10.9. The highest BCUT2D eigenvalue weighted by Crippen LogP contribution is 2.32. The van der Waals surface area contributed by atoms with Crippen LogP contribution in [0.5, 0.6) is 16.7 Å². The summed E-state index contributed by atoms with van der Waals surface area (Å²) in [5.74, 6) is 1.27. The van der Waals surface area contributed by atoms with Gasteiger partial charge in [0.05, 0.1) is 34.4 Å². The summed E-state index contributed by atoms with van der Waals surface area (Å²) in [7, 11) is 3.15. The van der Waals surface area contributed by atoms with Gasteiger partial charge < -0.3 is 19.1 Å². The van der Waals surface area contributed by atoms with Gasteiger partial charge in [-0.3, -0.25) is 9.59 Å². The van der Waals surface area contributed by atoms with Crippen LogP contribution < -0.4 is 30.2 Å². The molecule has 1 fully saturated rings. The number of hydrogen-bond acceptors (Lipinski definition) is 14. The van der Waals surface area contributed by atoms with Crippen molar-refractivity contribution in [1.29, 1.82) is 0 Å². The van der Waals surface area contributed by atoms with Crippen LogP contribution in [0.25, 0.3) is 30.4 Å². The Labute approximate surface area is 247 Å². The van der Waals surface area contributed by atoms with Gasteiger partial charge in [0.25, 0.3) is 16.3 Å². The molecule has 16 heteroatoms. The minimum absolute atomic E-state index is 0.0389. The van der Waals surface area contributed by atoms with E-state index in [1.807, 2.05) is 24.3 Å². The number of nitrogens with zero attached hydrogens (tertiary/aromatic N) is 7. The lowest BCUT2D eigenvalue weighted by Gasteiger charge is -2.30. The number of rotatable bonds is 7. The molecule has 6 aromatic rings. The summed E-state index contributed by atoms with van der Waals surface area (Å²) in [6.07, 6.45) is 1.48. The molecule has 1 saturated heterocycles. The van der Waals surface area contributed by atoms with Crippen LogP contribution in [0.3, 0.4) is 0 Å². The maximum Gasteiger partial charge on any atom is 0.296 e. The third-order valence-electron chi connectivity index (χ3n) is 6.71. The van der Waals surface area contributed by atoms with E-state index in [9.17, 15) is 9.59 Å². The summed E-state index contributed by atoms with van der Waals surface area (Å²) in [5.41, 5.74) is -0.290. The Morgan fingerprint density at radius 2 is 1.27 bits per heavy atom. The van der Waals surface area contributed by atoms with Gasteiger partial charge >= 0.3 is 0 Å². The van der Waals surface area contributed by atoms with Crippen LogP contribution in [0.4, 0.5) is 5.13 Å². The molecule has 1 aliphatic heterocycles. The topological polar surface area (TPSA) is 126 Å². The van der Waals surface area contributed by atoms with Crippen molar-refractivity contribution >= 4 is 71.0 Å². The van der Waals surface area contributed by atoms with E-state index in [1.165, 1.54) is 49.7 Å². The molecule has 0 spiro atoms. The first kappa shape index (κ1) is 26.1. The molecule has 0 atom stereocenters. The van der Waals surface area contributed by atoms with Crippen LogP contribution in [0.1, 0.15) is 12.8 Å². The molecule has 0 bridgehead atoms. The molecule has 4 aromatic heterocycles. The highest BCUT2D eigenvalue weighted by Gasteiger charge is 2.25. The molecule has 0 radical (unpaired) electrons. The minimum Gasteiger partial charge on any atom is -0.497 e. The van der Waals surface area contributed by atoms with Gasteiger partial charge in [-0.1, -0.05) is 16.4 Å². The largest absolute Gasteiger partial charge is 0.497 e. The van der Waals surface area contributed by atoms with Crippen molar-refractivity contribution in [3.05, 3.63) is 57.1 Å². The first-order valence-electron chi connectivity index (χ1n) is 12.5. The van der Waals surface area contributed by atoms with E-state index in [-0.39, 0.29) is 17.2 Å². The molecule has 0 amide bonds. The van der Waals surface area contributed by atoms with Crippen molar-refractivity contribution in [2.75, 3.05) is 32.2 Å². The lowest BCUT2D eigenvalue weighted by atomic mass is 10.1. The zero-order valence-corrected chi connectivity index (χ0v) is 24.9. The zero-order chi connectivity index (χ0) is 28.1. The first-order chi connectivity index (χ1) is 20.0. The third-order valence-corrected chi connectivity index (χ3v) is 10.9. The quantitative estimate of drug-likeness (QED) is 0.254. The van der Waals surface area contributed by atoms with Crippen LogP contribution in [-0.2, 0) is 0 Å². The molecule has 210 valence electrons. The van der Waals surface area contributed by atoms with Gasteiger partial charge in [0.15, 0.2) is 0 Å². The van der Waals surface area contributed by atoms with E-state index in [0.717, 1.165) is 40.5 Å². The Bertz CT molecular complexity index is 2000. The highest BCUT2D eigenvalue weighted by molar-refractivity contribution is 7.20. The van der Waals surface area contributed by atoms with Gasteiger partial charge in [-0.25, -0.2) is 7.91 Å². The van der Waals surface area contributed by atoms with Gasteiger partial charge in [0.2, 0.25) is 15.4 Å². The SMILES string of the molecule is COc1ccc2sn(-c3nnc(OC4CCN(c5nnc(-n6sc7ccc(OC)cc7c6=O)s5)CC4)s3)c(=O)c2c1. The van der Waals surface area contributed by atoms with E-state index in [0.29, 0.717) is 37.7 Å². The van der Waals surface area contributed by atoms with Gasteiger partial charge in [-0.2, -0.15) is 0 Å². The number of anilines is 1. The predicted octanol–water partition coefficient (Wildman–Crippen LogP) is 4.19. The van der Waals surface area contributed by atoms with Crippen molar-refractivity contribution < 1.29 is 14.2 Å². The number of benzene rings is 2. The van der Waals surface area contributed by atoms with Crippen molar-refractivity contribution in [3.63, 3.8) is 0 Å². The molecular formula is C25H21N7O5S4. The number of aromatic nitrogens is 6. The fraction of sp³-hybridized carbons (Fsp3) is 0.280. The lowest BCUT2D eigenvalue weighted by molar-refractivity contribution is 0.169. The smallest absolute Gasteiger partial charge is 0.296 e. The third kappa shape index (κ3) is 4.75. The van der Waals surface area contributed by atoms with E-state index in [2.05, 4.69) is 25.3 Å². The molecule has 2 aromatic carbocycles. The molecular weight excluding hydrogens is 607 g/mol. The molecule has 1 aliphatic rings. The van der Waals surface area contributed by atoms with Crippen molar-refractivity contribution in [3.8, 4) is 27.0 Å². The van der Waals surface area contributed by atoms with Crippen molar-refractivity contribution in [2.45, 2.75) is 18.9 Å². The molecule has 41 heavy (non-hydrogen) atoms. The normalized spacial score (nSPS) is 14.2. The van der Waals surface area contributed by atoms with Crippen LogP contribution in [0.2, 0.25) is 0 Å². The fourth-order valence-corrected chi connectivity index (χ4v) is 8.23. The van der Waals surface area contributed by atoms with Gasteiger partial charge in [0, 0.05) is 25.9 Å². The Morgan fingerprint density at radius 1 is 0.732 bits per heavy atom. The molecule has 5 heterocycles. The maximum absolute atomic E-state index is 13.0. The molecule has 7 rings (SSSR count). The van der Waals surface area contributed by atoms with Crippen molar-refractivity contribution in [1.82, 2.24) is 28.3 Å². The Balaban J connectivity index is 1.01. The second kappa shape index (κ2) is 10.5. The van der Waals surface area contributed by atoms with E-state index < -0.39 is 0 Å². The van der Waals surface area contributed by atoms with Crippen LogP contribution in [0.15, 0.2) is 46.0 Å². The number of fused-ring (bicyclic) bond motifs is 2.